The molecule has 1 N–H and O–H groups in total. The first kappa shape index (κ1) is 11.0. The average molecular weight is 213 g/mol. The molecule has 0 amide bonds. The SMILES string of the molecule is CC(C)(C)OC(=O)CNc1ccsc1. The lowest BCUT2D eigenvalue weighted by atomic mass is 10.2. The van der Waals surface area contributed by atoms with Gasteiger partial charge < -0.3 is 10.1 Å². The van der Waals surface area contributed by atoms with Gasteiger partial charge in [0.05, 0.1) is 0 Å². The van der Waals surface area contributed by atoms with Gasteiger partial charge in [-0.25, -0.2) is 0 Å². The molecule has 0 fully saturated rings. The van der Waals surface area contributed by atoms with Crippen LogP contribution in [0.4, 0.5) is 5.69 Å². The quantitative estimate of drug-likeness (QED) is 0.784. The van der Waals surface area contributed by atoms with Crippen molar-refractivity contribution in [3.8, 4) is 0 Å². The summed E-state index contributed by atoms with van der Waals surface area (Å²) in [6.07, 6.45) is 0. The fourth-order valence-corrected chi connectivity index (χ4v) is 1.53. The van der Waals surface area contributed by atoms with Crippen molar-refractivity contribution in [2.24, 2.45) is 0 Å². The van der Waals surface area contributed by atoms with E-state index < -0.39 is 5.60 Å². The molecule has 0 radical (unpaired) electrons. The Morgan fingerprint density at radius 3 is 2.79 bits per heavy atom. The highest BCUT2D eigenvalue weighted by atomic mass is 32.1. The smallest absolute Gasteiger partial charge is 0.325 e. The van der Waals surface area contributed by atoms with E-state index in [9.17, 15) is 4.79 Å². The van der Waals surface area contributed by atoms with Crippen molar-refractivity contribution >= 4 is 23.0 Å². The van der Waals surface area contributed by atoms with E-state index in [0.717, 1.165) is 5.69 Å². The molecular formula is C10H15NO2S. The Morgan fingerprint density at radius 1 is 1.57 bits per heavy atom. The Bertz CT molecular complexity index is 288. The van der Waals surface area contributed by atoms with Crippen LogP contribution >= 0.6 is 11.3 Å². The van der Waals surface area contributed by atoms with Gasteiger partial charge in [0.1, 0.15) is 12.1 Å². The van der Waals surface area contributed by atoms with Gasteiger partial charge in [0.15, 0.2) is 0 Å². The number of ether oxygens (including phenoxy) is 1. The van der Waals surface area contributed by atoms with E-state index in [1.165, 1.54) is 0 Å². The molecule has 78 valence electrons. The fourth-order valence-electron chi connectivity index (χ4n) is 0.917. The summed E-state index contributed by atoms with van der Waals surface area (Å²) in [5, 5.41) is 6.89. The molecule has 0 bridgehead atoms. The number of hydrogen-bond donors (Lipinski definition) is 1. The molecule has 0 unspecified atom stereocenters. The van der Waals surface area contributed by atoms with E-state index in [1.54, 1.807) is 11.3 Å². The van der Waals surface area contributed by atoms with Crippen LogP contribution < -0.4 is 5.32 Å². The predicted octanol–water partition coefficient (Wildman–Crippen LogP) is 2.50. The maximum Gasteiger partial charge on any atom is 0.325 e. The van der Waals surface area contributed by atoms with Gasteiger partial charge in [0.2, 0.25) is 0 Å². The molecule has 0 aliphatic rings. The molecule has 0 spiro atoms. The Labute approximate surface area is 88.1 Å². The number of esters is 1. The van der Waals surface area contributed by atoms with E-state index in [1.807, 2.05) is 37.6 Å². The van der Waals surface area contributed by atoms with Crippen LogP contribution in [-0.4, -0.2) is 18.1 Å². The van der Waals surface area contributed by atoms with E-state index >= 15 is 0 Å². The van der Waals surface area contributed by atoms with Gasteiger partial charge in [0, 0.05) is 11.1 Å². The third-order valence-electron chi connectivity index (χ3n) is 1.38. The molecular weight excluding hydrogens is 198 g/mol. The summed E-state index contributed by atoms with van der Waals surface area (Å²) >= 11 is 1.59. The molecule has 0 saturated carbocycles. The van der Waals surface area contributed by atoms with Crippen molar-refractivity contribution in [2.45, 2.75) is 26.4 Å². The summed E-state index contributed by atoms with van der Waals surface area (Å²) in [6.45, 7) is 5.79. The van der Waals surface area contributed by atoms with Crippen molar-refractivity contribution in [1.29, 1.82) is 0 Å². The number of carbonyl (C=O) groups is 1. The highest BCUT2D eigenvalue weighted by Gasteiger charge is 2.15. The van der Waals surface area contributed by atoms with Crippen molar-refractivity contribution < 1.29 is 9.53 Å². The van der Waals surface area contributed by atoms with Crippen LogP contribution in [0, 0.1) is 0 Å². The molecule has 0 saturated heterocycles. The number of anilines is 1. The van der Waals surface area contributed by atoms with Crippen LogP contribution in [0.1, 0.15) is 20.8 Å². The zero-order valence-corrected chi connectivity index (χ0v) is 9.48. The summed E-state index contributed by atoms with van der Waals surface area (Å²) in [4.78, 5) is 11.3. The molecule has 14 heavy (non-hydrogen) atoms. The van der Waals surface area contributed by atoms with Crippen molar-refractivity contribution in [3.63, 3.8) is 0 Å². The summed E-state index contributed by atoms with van der Waals surface area (Å²) < 4.78 is 5.14. The topological polar surface area (TPSA) is 38.3 Å². The predicted molar refractivity (Wildman–Crippen MR) is 58.7 cm³/mol. The van der Waals surface area contributed by atoms with Crippen LogP contribution in [0.5, 0.6) is 0 Å². The summed E-state index contributed by atoms with van der Waals surface area (Å²) in [7, 11) is 0. The molecule has 0 aromatic carbocycles. The second-order valence-corrected chi connectivity index (χ2v) is 4.73. The minimum atomic E-state index is -0.409. The van der Waals surface area contributed by atoms with Gasteiger partial charge in [-0.3, -0.25) is 4.79 Å². The van der Waals surface area contributed by atoms with Crippen molar-refractivity contribution in [2.75, 3.05) is 11.9 Å². The molecule has 1 heterocycles. The Kier molecular flexibility index (Phi) is 3.52. The maximum atomic E-state index is 11.3. The molecule has 1 aromatic heterocycles. The largest absolute Gasteiger partial charge is 0.459 e. The van der Waals surface area contributed by atoms with E-state index in [2.05, 4.69) is 5.32 Å². The summed E-state index contributed by atoms with van der Waals surface area (Å²) in [5.74, 6) is -0.233. The lowest BCUT2D eigenvalue weighted by molar-refractivity contribution is -0.152. The second-order valence-electron chi connectivity index (χ2n) is 3.95. The first-order valence-electron chi connectivity index (χ1n) is 4.45. The van der Waals surface area contributed by atoms with Gasteiger partial charge in [-0.1, -0.05) is 0 Å². The molecule has 0 atom stereocenters. The first-order valence-corrected chi connectivity index (χ1v) is 5.39. The van der Waals surface area contributed by atoms with E-state index in [0.29, 0.717) is 0 Å². The number of nitrogens with one attached hydrogen (secondary N) is 1. The molecule has 4 heteroatoms. The van der Waals surface area contributed by atoms with Gasteiger partial charge in [-0.2, -0.15) is 11.3 Å². The molecule has 0 aliphatic carbocycles. The monoisotopic (exact) mass is 213 g/mol. The van der Waals surface area contributed by atoms with E-state index in [-0.39, 0.29) is 12.5 Å². The standard InChI is InChI=1S/C10H15NO2S/c1-10(2,3)13-9(12)6-11-8-4-5-14-7-8/h4-5,7,11H,6H2,1-3H3. The maximum absolute atomic E-state index is 11.3. The molecule has 1 rings (SSSR count). The average Bonchev–Trinajstić information content (AvgIpc) is 2.49. The molecule has 0 aliphatic heterocycles. The summed E-state index contributed by atoms with van der Waals surface area (Å²) in [5.41, 5.74) is 0.550. The van der Waals surface area contributed by atoms with Crippen LogP contribution in [0.15, 0.2) is 16.8 Å². The van der Waals surface area contributed by atoms with Crippen molar-refractivity contribution in [1.82, 2.24) is 0 Å². The van der Waals surface area contributed by atoms with Crippen LogP contribution in [-0.2, 0) is 9.53 Å². The van der Waals surface area contributed by atoms with Crippen LogP contribution in [0.2, 0.25) is 0 Å². The normalized spacial score (nSPS) is 11.1. The van der Waals surface area contributed by atoms with Gasteiger partial charge >= 0.3 is 5.97 Å². The highest BCUT2D eigenvalue weighted by Crippen LogP contribution is 2.12. The minimum absolute atomic E-state index is 0.216. The number of rotatable bonds is 3. The lowest BCUT2D eigenvalue weighted by Crippen LogP contribution is -2.28. The highest BCUT2D eigenvalue weighted by molar-refractivity contribution is 7.08. The fraction of sp³-hybridized carbons (Fsp3) is 0.500. The van der Waals surface area contributed by atoms with Crippen LogP contribution in [0.3, 0.4) is 0 Å². The first-order chi connectivity index (χ1) is 6.47. The Morgan fingerprint density at radius 2 is 2.29 bits per heavy atom. The van der Waals surface area contributed by atoms with Gasteiger partial charge in [-0.05, 0) is 32.2 Å². The van der Waals surface area contributed by atoms with Crippen LogP contribution in [0.25, 0.3) is 0 Å². The molecule has 3 nitrogen and oxygen atoms in total. The zero-order chi connectivity index (χ0) is 10.6. The third kappa shape index (κ3) is 4.28. The minimum Gasteiger partial charge on any atom is -0.459 e. The lowest BCUT2D eigenvalue weighted by Gasteiger charge is -2.19. The third-order valence-corrected chi connectivity index (χ3v) is 2.06. The number of hydrogen-bond acceptors (Lipinski definition) is 4. The Balaban J connectivity index is 2.29. The van der Waals surface area contributed by atoms with Gasteiger partial charge in [0.25, 0.3) is 0 Å². The van der Waals surface area contributed by atoms with E-state index in [4.69, 9.17) is 4.74 Å². The number of carbonyl (C=O) groups excluding carboxylic acids is 1. The zero-order valence-electron chi connectivity index (χ0n) is 8.66. The van der Waals surface area contributed by atoms with Gasteiger partial charge in [-0.15, -0.1) is 0 Å². The van der Waals surface area contributed by atoms with Crippen molar-refractivity contribution in [3.05, 3.63) is 16.8 Å². The Hall–Kier alpha value is -1.03. The second kappa shape index (κ2) is 4.46. The molecule has 1 aromatic rings. The summed E-state index contributed by atoms with van der Waals surface area (Å²) in [6, 6.07) is 1.93. The number of thiophene rings is 1.